The Morgan fingerprint density at radius 2 is 2.24 bits per heavy atom. The van der Waals surface area contributed by atoms with E-state index in [1.807, 2.05) is 0 Å². The fourth-order valence-corrected chi connectivity index (χ4v) is 2.84. The highest BCUT2D eigenvalue weighted by molar-refractivity contribution is 5.24. The van der Waals surface area contributed by atoms with Crippen molar-refractivity contribution in [2.24, 2.45) is 11.3 Å². The van der Waals surface area contributed by atoms with E-state index in [0.717, 1.165) is 26.1 Å². The lowest BCUT2D eigenvalue weighted by Gasteiger charge is -2.48. The first-order chi connectivity index (χ1) is 8.14. The molecule has 0 spiro atoms. The average Bonchev–Trinajstić information content (AvgIpc) is 2.34. The molecule has 0 N–H and O–H groups in total. The van der Waals surface area contributed by atoms with E-state index in [1.54, 1.807) is 5.57 Å². The molecule has 0 aromatic carbocycles. The van der Waals surface area contributed by atoms with Gasteiger partial charge >= 0.3 is 0 Å². The Balaban J connectivity index is 1.75. The minimum Gasteiger partial charge on any atom is -0.353 e. The highest BCUT2D eigenvalue weighted by Gasteiger charge is 2.43. The maximum Gasteiger partial charge on any atom is 0.157 e. The minimum atomic E-state index is 0.0683. The molecule has 1 aliphatic heterocycles. The summed E-state index contributed by atoms with van der Waals surface area (Å²) in [4.78, 5) is 0. The largest absolute Gasteiger partial charge is 0.353 e. The summed E-state index contributed by atoms with van der Waals surface area (Å²) < 4.78 is 11.5. The van der Waals surface area contributed by atoms with Crippen LogP contribution in [0.1, 0.15) is 52.9 Å². The van der Waals surface area contributed by atoms with Crippen LogP contribution in [0.5, 0.6) is 0 Å². The Morgan fingerprint density at radius 3 is 2.82 bits per heavy atom. The summed E-state index contributed by atoms with van der Waals surface area (Å²) in [6.45, 7) is 8.63. The van der Waals surface area contributed by atoms with Gasteiger partial charge in [0.15, 0.2) is 6.29 Å². The fourth-order valence-electron chi connectivity index (χ4n) is 2.84. The van der Waals surface area contributed by atoms with Gasteiger partial charge in [0.25, 0.3) is 0 Å². The lowest BCUT2D eigenvalue weighted by Crippen LogP contribution is -2.41. The molecule has 1 heterocycles. The van der Waals surface area contributed by atoms with E-state index in [-0.39, 0.29) is 6.29 Å². The van der Waals surface area contributed by atoms with E-state index in [0.29, 0.717) is 11.3 Å². The molecule has 0 amide bonds. The molecule has 2 rings (SSSR count). The van der Waals surface area contributed by atoms with Crippen LogP contribution in [0.15, 0.2) is 11.6 Å². The monoisotopic (exact) mass is 238 g/mol. The molecule has 0 aromatic rings. The molecule has 0 aromatic heterocycles. The second kappa shape index (κ2) is 5.53. The molecule has 2 nitrogen and oxygen atoms in total. The van der Waals surface area contributed by atoms with E-state index >= 15 is 0 Å². The third kappa shape index (κ3) is 2.92. The maximum absolute atomic E-state index is 5.90. The molecule has 2 fully saturated rings. The first-order valence-electron chi connectivity index (χ1n) is 7.07. The van der Waals surface area contributed by atoms with Gasteiger partial charge in [-0.25, -0.2) is 0 Å². The number of rotatable bonds is 4. The Bertz CT molecular complexity index is 275. The van der Waals surface area contributed by atoms with Gasteiger partial charge < -0.3 is 9.47 Å². The zero-order valence-electron chi connectivity index (χ0n) is 11.5. The molecule has 2 unspecified atom stereocenters. The number of allylic oxidation sites excluding steroid dienone is 2. The molecular formula is C15H26O2. The van der Waals surface area contributed by atoms with Crippen LogP contribution in [0.3, 0.4) is 0 Å². The van der Waals surface area contributed by atoms with Crippen LogP contribution in [0.2, 0.25) is 0 Å². The van der Waals surface area contributed by atoms with E-state index in [2.05, 4.69) is 26.8 Å². The summed E-state index contributed by atoms with van der Waals surface area (Å²) in [7, 11) is 0. The van der Waals surface area contributed by atoms with Crippen molar-refractivity contribution in [1.29, 1.82) is 0 Å². The first-order valence-corrected chi connectivity index (χ1v) is 7.07. The van der Waals surface area contributed by atoms with Crippen LogP contribution in [-0.4, -0.2) is 19.5 Å². The summed E-state index contributed by atoms with van der Waals surface area (Å²) in [6, 6.07) is 0. The number of hydrogen-bond acceptors (Lipinski definition) is 2. The van der Waals surface area contributed by atoms with E-state index in [4.69, 9.17) is 9.47 Å². The summed E-state index contributed by atoms with van der Waals surface area (Å²) in [5, 5.41) is 0. The van der Waals surface area contributed by atoms with E-state index in [1.165, 1.54) is 19.3 Å². The molecule has 0 bridgehead atoms. The van der Waals surface area contributed by atoms with Crippen molar-refractivity contribution in [2.75, 3.05) is 13.2 Å². The fraction of sp³-hybridized carbons (Fsp3) is 0.867. The Morgan fingerprint density at radius 1 is 1.41 bits per heavy atom. The molecular weight excluding hydrogens is 212 g/mol. The van der Waals surface area contributed by atoms with Crippen molar-refractivity contribution in [2.45, 2.75) is 59.2 Å². The highest BCUT2D eigenvalue weighted by atomic mass is 16.7. The predicted molar refractivity (Wildman–Crippen MR) is 69.8 cm³/mol. The first kappa shape index (κ1) is 13.1. The van der Waals surface area contributed by atoms with Gasteiger partial charge in [0.05, 0.1) is 6.61 Å². The third-order valence-corrected chi connectivity index (χ3v) is 4.39. The van der Waals surface area contributed by atoms with Crippen molar-refractivity contribution < 1.29 is 9.47 Å². The van der Waals surface area contributed by atoms with E-state index < -0.39 is 0 Å². The topological polar surface area (TPSA) is 18.5 Å². The smallest absolute Gasteiger partial charge is 0.157 e. The third-order valence-electron chi connectivity index (χ3n) is 4.39. The zero-order chi connectivity index (χ0) is 12.3. The molecule has 2 aliphatic rings. The molecule has 2 atom stereocenters. The molecule has 98 valence electrons. The molecule has 17 heavy (non-hydrogen) atoms. The highest BCUT2D eigenvalue weighted by Crippen LogP contribution is 2.51. The molecule has 2 heteroatoms. The lowest BCUT2D eigenvalue weighted by atomic mass is 9.59. The molecule has 1 saturated heterocycles. The van der Waals surface area contributed by atoms with Crippen molar-refractivity contribution >= 4 is 0 Å². The van der Waals surface area contributed by atoms with Gasteiger partial charge in [-0.05, 0) is 43.4 Å². The lowest BCUT2D eigenvalue weighted by molar-refractivity contribution is -0.177. The quantitative estimate of drug-likeness (QED) is 0.691. The molecule has 1 aliphatic carbocycles. The van der Waals surface area contributed by atoms with Crippen LogP contribution < -0.4 is 0 Å². The van der Waals surface area contributed by atoms with Gasteiger partial charge in [0.2, 0.25) is 0 Å². The van der Waals surface area contributed by atoms with Crippen LogP contribution in [0.25, 0.3) is 0 Å². The van der Waals surface area contributed by atoms with Crippen LogP contribution in [0, 0.1) is 11.3 Å². The van der Waals surface area contributed by atoms with Crippen molar-refractivity contribution in [1.82, 2.24) is 0 Å². The number of hydrogen-bond donors (Lipinski definition) is 0. The Kier molecular flexibility index (Phi) is 4.26. The van der Waals surface area contributed by atoms with Gasteiger partial charge in [0.1, 0.15) is 0 Å². The summed E-state index contributed by atoms with van der Waals surface area (Å²) in [5.74, 6) is 0.672. The van der Waals surface area contributed by atoms with Crippen LogP contribution >= 0.6 is 0 Å². The van der Waals surface area contributed by atoms with Gasteiger partial charge in [-0.2, -0.15) is 0 Å². The zero-order valence-corrected chi connectivity index (χ0v) is 11.5. The van der Waals surface area contributed by atoms with Crippen LogP contribution in [-0.2, 0) is 9.47 Å². The van der Waals surface area contributed by atoms with Gasteiger partial charge in [-0.1, -0.05) is 32.4 Å². The molecule has 0 radical (unpaired) electrons. The van der Waals surface area contributed by atoms with Crippen molar-refractivity contribution in [3.05, 3.63) is 11.6 Å². The predicted octanol–water partition coefficient (Wildman–Crippen LogP) is 3.91. The van der Waals surface area contributed by atoms with Crippen LogP contribution in [0.4, 0.5) is 0 Å². The second-order valence-electron chi connectivity index (χ2n) is 5.89. The number of ether oxygens (including phenoxy) is 2. The van der Waals surface area contributed by atoms with Crippen molar-refractivity contribution in [3.63, 3.8) is 0 Å². The van der Waals surface area contributed by atoms with Gasteiger partial charge in [0, 0.05) is 6.61 Å². The SMILES string of the molecule is CCC=C1CC(COC2CCCCO2)C1(C)C. The minimum absolute atomic E-state index is 0.0683. The average molecular weight is 238 g/mol. The summed E-state index contributed by atoms with van der Waals surface area (Å²) >= 11 is 0. The van der Waals surface area contributed by atoms with Gasteiger partial charge in [-0.15, -0.1) is 0 Å². The summed E-state index contributed by atoms with van der Waals surface area (Å²) in [6.07, 6.45) is 8.33. The van der Waals surface area contributed by atoms with Gasteiger partial charge in [-0.3, -0.25) is 0 Å². The maximum atomic E-state index is 5.90. The van der Waals surface area contributed by atoms with E-state index in [9.17, 15) is 0 Å². The Hall–Kier alpha value is -0.340. The second-order valence-corrected chi connectivity index (χ2v) is 5.89. The normalized spacial score (nSPS) is 34.6. The Labute approximate surface area is 105 Å². The molecule has 1 saturated carbocycles. The summed E-state index contributed by atoms with van der Waals surface area (Å²) in [5.41, 5.74) is 1.95. The van der Waals surface area contributed by atoms with Crippen molar-refractivity contribution in [3.8, 4) is 0 Å². The standard InChI is InChI=1S/C15H26O2/c1-4-7-12-10-13(15(12,2)3)11-17-14-8-5-6-9-16-14/h7,13-14H,4-6,8-11H2,1-3H3.